The zero-order valence-corrected chi connectivity index (χ0v) is 18.5. The molecule has 8 heteroatoms. The lowest BCUT2D eigenvalue weighted by atomic mass is 10.00. The Morgan fingerprint density at radius 2 is 1.85 bits per heavy atom. The molecule has 0 radical (unpaired) electrons. The molecule has 0 N–H and O–H groups in total. The van der Waals surface area contributed by atoms with E-state index in [1.165, 1.54) is 6.20 Å². The van der Waals surface area contributed by atoms with Crippen LogP contribution in [0.15, 0.2) is 48.8 Å². The molecule has 1 aliphatic heterocycles. The van der Waals surface area contributed by atoms with Crippen LogP contribution in [0.2, 0.25) is 0 Å². The summed E-state index contributed by atoms with van der Waals surface area (Å²) in [6.45, 7) is 1.13. The number of pyridine rings is 2. The topological polar surface area (TPSA) is 87.0 Å². The summed E-state index contributed by atoms with van der Waals surface area (Å²) in [5.74, 6) is -3.99. The van der Waals surface area contributed by atoms with Crippen LogP contribution in [0.4, 0.5) is 8.78 Å². The predicted molar refractivity (Wildman–Crippen MR) is 124 cm³/mol. The number of aromatic nitrogens is 2. The number of carbonyl (C=O) groups is 2. The Labute approximate surface area is 195 Å². The molecule has 1 aliphatic rings. The van der Waals surface area contributed by atoms with Crippen molar-refractivity contribution in [1.29, 1.82) is 5.26 Å². The van der Waals surface area contributed by atoms with Crippen LogP contribution >= 0.6 is 0 Å². The second kappa shape index (κ2) is 9.48. The molecule has 0 saturated carbocycles. The molecule has 1 fully saturated rings. The van der Waals surface area contributed by atoms with Crippen molar-refractivity contribution in [2.75, 3.05) is 6.54 Å². The molecule has 2 aromatic heterocycles. The van der Waals surface area contributed by atoms with E-state index in [9.17, 15) is 18.4 Å². The average molecular weight is 460 g/mol. The number of rotatable bonds is 6. The monoisotopic (exact) mass is 460 g/mol. The van der Waals surface area contributed by atoms with Crippen molar-refractivity contribution in [3.8, 4) is 6.07 Å². The van der Waals surface area contributed by atoms with Crippen molar-refractivity contribution >= 4 is 34.7 Å². The fourth-order valence-corrected chi connectivity index (χ4v) is 4.07. The number of hydrogen-bond donors (Lipinski definition) is 0. The molecule has 172 valence electrons. The minimum Gasteiger partial charge on any atom is -0.320 e. The fourth-order valence-electron chi connectivity index (χ4n) is 4.07. The molecule has 1 amide bonds. The summed E-state index contributed by atoms with van der Waals surface area (Å²) in [5, 5.41) is 9.74. The van der Waals surface area contributed by atoms with E-state index >= 15 is 0 Å². The summed E-state index contributed by atoms with van der Waals surface area (Å²) in [6, 6.07) is 11.6. The summed E-state index contributed by atoms with van der Waals surface area (Å²) >= 11 is 0. The summed E-state index contributed by atoms with van der Waals surface area (Å²) in [6.07, 6.45) is 6.08. The van der Waals surface area contributed by atoms with Gasteiger partial charge in [0, 0.05) is 48.3 Å². The van der Waals surface area contributed by atoms with Gasteiger partial charge in [0.25, 0.3) is 5.92 Å². The number of likely N-dealkylation sites (tertiary alicyclic amines) is 1. The Morgan fingerprint density at radius 1 is 1.12 bits per heavy atom. The summed E-state index contributed by atoms with van der Waals surface area (Å²) in [5.41, 5.74) is 3.83. The number of fused-ring (bicyclic) bond motifs is 1. The Hall–Kier alpha value is -3.99. The van der Waals surface area contributed by atoms with Gasteiger partial charge in [0.15, 0.2) is 5.78 Å². The van der Waals surface area contributed by atoms with Crippen LogP contribution in [0, 0.1) is 18.3 Å². The number of hydrogen-bond acceptors (Lipinski definition) is 5. The predicted octanol–water partition coefficient (Wildman–Crippen LogP) is 4.83. The number of aryl methyl sites for hydroxylation is 1. The Morgan fingerprint density at radius 3 is 2.59 bits per heavy atom. The quantitative estimate of drug-likeness (QED) is 0.492. The van der Waals surface area contributed by atoms with Crippen molar-refractivity contribution < 1.29 is 18.4 Å². The summed E-state index contributed by atoms with van der Waals surface area (Å²) in [7, 11) is 0. The van der Waals surface area contributed by atoms with Crippen molar-refractivity contribution in [2.45, 2.75) is 38.2 Å². The van der Waals surface area contributed by atoms with E-state index < -0.39 is 30.8 Å². The number of Topliss-reactive ketones (excluding diaryl/α,β-unsaturated/α-hetero) is 1. The van der Waals surface area contributed by atoms with Gasteiger partial charge >= 0.3 is 0 Å². The van der Waals surface area contributed by atoms with Gasteiger partial charge in [-0.2, -0.15) is 5.26 Å². The van der Waals surface area contributed by atoms with Gasteiger partial charge in [-0.15, -0.1) is 0 Å². The number of ketones is 1. The number of nitriles is 1. The van der Waals surface area contributed by atoms with Gasteiger partial charge in [0.05, 0.1) is 18.1 Å². The maximum Gasteiger partial charge on any atom is 0.268 e. The van der Waals surface area contributed by atoms with Crippen molar-refractivity contribution in [3.05, 3.63) is 71.2 Å². The maximum absolute atomic E-state index is 13.6. The molecule has 3 aromatic rings. The normalized spacial score (nSPS) is 17.2. The molecular formula is C26H22F2N4O2. The van der Waals surface area contributed by atoms with E-state index in [0.29, 0.717) is 16.5 Å². The first-order valence-corrected chi connectivity index (χ1v) is 10.9. The largest absolute Gasteiger partial charge is 0.320 e. The lowest BCUT2D eigenvalue weighted by molar-refractivity contribution is -0.132. The molecular weight excluding hydrogens is 438 g/mol. The van der Waals surface area contributed by atoms with E-state index in [4.69, 9.17) is 5.26 Å². The zero-order valence-electron chi connectivity index (χ0n) is 18.5. The second-order valence-corrected chi connectivity index (χ2v) is 8.35. The molecule has 0 spiro atoms. The fraction of sp³-hybridized carbons (Fsp3) is 0.269. The van der Waals surface area contributed by atoms with Gasteiger partial charge in [-0.1, -0.05) is 18.2 Å². The van der Waals surface area contributed by atoms with Crippen LogP contribution in [0.25, 0.3) is 23.1 Å². The van der Waals surface area contributed by atoms with Gasteiger partial charge in [0.2, 0.25) is 5.91 Å². The number of carbonyl (C=O) groups excluding carboxylic acids is 2. The highest BCUT2D eigenvalue weighted by Gasteiger charge is 2.47. The molecule has 1 aromatic carbocycles. The number of alkyl halides is 2. The number of amides is 1. The number of benzene rings is 1. The number of nitrogens with zero attached hydrogens (tertiary/aromatic N) is 4. The van der Waals surface area contributed by atoms with Crippen LogP contribution in [0.1, 0.15) is 46.4 Å². The lowest BCUT2D eigenvalue weighted by Gasteiger charge is -2.18. The van der Waals surface area contributed by atoms with Gasteiger partial charge in [-0.25, -0.2) is 8.78 Å². The number of halogens is 2. The smallest absolute Gasteiger partial charge is 0.268 e. The third-order valence-electron chi connectivity index (χ3n) is 5.76. The van der Waals surface area contributed by atoms with Crippen molar-refractivity contribution in [3.63, 3.8) is 0 Å². The van der Waals surface area contributed by atoms with E-state index in [-0.39, 0.29) is 18.6 Å². The third-order valence-corrected chi connectivity index (χ3v) is 5.76. The molecule has 0 bridgehead atoms. The van der Waals surface area contributed by atoms with Crippen LogP contribution in [-0.2, 0) is 4.79 Å². The zero-order chi connectivity index (χ0) is 24.3. The van der Waals surface area contributed by atoms with E-state index in [1.54, 1.807) is 18.3 Å². The molecule has 4 rings (SSSR count). The first-order chi connectivity index (χ1) is 16.3. The first kappa shape index (κ1) is 23.2. The Bertz CT molecular complexity index is 1330. The summed E-state index contributed by atoms with van der Waals surface area (Å²) < 4.78 is 27.3. The average Bonchev–Trinajstić information content (AvgIpc) is 3.15. The van der Waals surface area contributed by atoms with Crippen LogP contribution in [0.5, 0.6) is 0 Å². The second-order valence-electron chi connectivity index (χ2n) is 8.35. The van der Waals surface area contributed by atoms with Crippen LogP contribution < -0.4 is 0 Å². The van der Waals surface area contributed by atoms with E-state index in [1.807, 2.05) is 49.4 Å². The molecule has 1 atom stereocenters. The Kier molecular flexibility index (Phi) is 6.46. The summed E-state index contributed by atoms with van der Waals surface area (Å²) in [4.78, 5) is 34.8. The standard InChI is InChI=1S/C26H22F2N4O2/c1-17-12-19(8-10-30-17)3-2-18-4-5-23-22(13-18)21(9-11-31-23)24(33)6-7-25(34)32-16-26(27,28)14-20(32)15-29/h2-5,8-13,20H,6-7,14,16H2,1H3/b3-2+/t20-/m0/s1. The molecule has 3 heterocycles. The highest BCUT2D eigenvalue weighted by Crippen LogP contribution is 2.32. The molecule has 34 heavy (non-hydrogen) atoms. The van der Waals surface area contributed by atoms with Crippen LogP contribution in [0.3, 0.4) is 0 Å². The lowest BCUT2D eigenvalue weighted by Crippen LogP contribution is -2.36. The minimum atomic E-state index is -3.08. The molecule has 0 aliphatic carbocycles. The molecule has 0 unspecified atom stereocenters. The Balaban J connectivity index is 1.51. The molecule has 6 nitrogen and oxygen atoms in total. The van der Waals surface area contributed by atoms with Crippen LogP contribution in [-0.4, -0.2) is 45.1 Å². The van der Waals surface area contributed by atoms with E-state index in [2.05, 4.69) is 9.97 Å². The van der Waals surface area contributed by atoms with Gasteiger partial charge in [-0.3, -0.25) is 19.6 Å². The van der Waals surface area contributed by atoms with Gasteiger partial charge < -0.3 is 4.90 Å². The van der Waals surface area contributed by atoms with Gasteiger partial charge in [-0.05, 0) is 48.4 Å². The molecule has 1 saturated heterocycles. The SMILES string of the molecule is Cc1cc(/C=C/c2ccc3nccc(C(=O)CCC(=O)N4CC(F)(F)C[C@H]4C#N)c3c2)ccn1. The van der Waals surface area contributed by atoms with E-state index in [0.717, 1.165) is 21.7 Å². The maximum atomic E-state index is 13.6. The highest BCUT2D eigenvalue weighted by molar-refractivity contribution is 6.08. The minimum absolute atomic E-state index is 0.144. The first-order valence-electron chi connectivity index (χ1n) is 10.9. The van der Waals surface area contributed by atoms with Crippen molar-refractivity contribution in [1.82, 2.24) is 14.9 Å². The van der Waals surface area contributed by atoms with Gasteiger partial charge in [0.1, 0.15) is 6.04 Å². The van der Waals surface area contributed by atoms with Crippen molar-refractivity contribution in [2.24, 2.45) is 0 Å². The highest BCUT2D eigenvalue weighted by atomic mass is 19.3. The third kappa shape index (κ3) is 5.15.